The quantitative estimate of drug-likeness (QED) is 0.778. The predicted molar refractivity (Wildman–Crippen MR) is 84.6 cm³/mol. The Morgan fingerprint density at radius 1 is 1.50 bits per heavy atom. The van der Waals surface area contributed by atoms with Crippen molar-refractivity contribution in [2.75, 3.05) is 18.9 Å². The molecule has 0 saturated heterocycles. The number of para-hydroxylation sites is 1. The molecule has 0 bridgehead atoms. The lowest BCUT2D eigenvalue weighted by molar-refractivity contribution is -0.120. The van der Waals surface area contributed by atoms with Crippen LogP contribution < -0.4 is 16.4 Å². The highest BCUT2D eigenvalue weighted by Crippen LogP contribution is 2.24. The zero-order chi connectivity index (χ0) is 14.5. The molecule has 0 radical (unpaired) electrons. The smallest absolute Gasteiger partial charge is 0.221 e. The molecule has 0 saturated carbocycles. The summed E-state index contributed by atoms with van der Waals surface area (Å²) in [6.45, 7) is 0.375. The summed E-state index contributed by atoms with van der Waals surface area (Å²) in [5, 5.41) is 6.92. The summed E-state index contributed by atoms with van der Waals surface area (Å²) in [4.78, 5) is 15.9. The first kappa shape index (κ1) is 14.7. The van der Waals surface area contributed by atoms with Crippen LogP contribution in [-0.4, -0.2) is 30.5 Å². The first-order valence-electron chi connectivity index (χ1n) is 6.35. The highest BCUT2D eigenvalue weighted by Gasteiger charge is 2.13. The minimum Gasteiger partial charge on any atom is -0.379 e. The summed E-state index contributed by atoms with van der Waals surface area (Å²) in [5.41, 5.74) is 7.47. The average molecular weight is 337 g/mol. The number of fused-ring (bicyclic) bond motifs is 1. The van der Waals surface area contributed by atoms with Crippen LogP contribution in [0.25, 0.3) is 10.9 Å². The Morgan fingerprint density at radius 2 is 2.30 bits per heavy atom. The zero-order valence-corrected chi connectivity index (χ0v) is 12.8. The van der Waals surface area contributed by atoms with Gasteiger partial charge >= 0.3 is 0 Å². The van der Waals surface area contributed by atoms with E-state index in [2.05, 4.69) is 31.5 Å². The molecular formula is C14H17BrN4O. The molecule has 0 spiro atoms. The van der Waals surface area contributed by atoms with Crippen LogP contribution in [0.2, 0.25) is 0 Å². The van der Waals surface area contributed by atoms with Crippen LogP contribution in [-0.2, 0) is 4.79 Å². The van der Waals surface area contributed by atoms with E-state index in [1.54, 1.807) is 13.2 Å². The zero-order valence-electron chi connectivity index (χ0n) is 11.2. The molecule has 0 aliphatic carbocycles. The van der Waals surface area contributed by atoms with Crippen LogP contribution in [0.3, 0.4) is 0 Å². The largest absolute Gasteiger partial charge is 0.379 e. The van der Waals surface area contributed by atoms with Gasteiger partial charge in [0.15, 0.2) is 0 Å². The standard InChI is InChI=1S/C14H17BrN4O/c1-17-13(20)6-11(7-16)19-12-4-2-3-9-5-10(15)8-18-14(9)12/h2-5,8,11,19H,6-7,16H2,1H3,(H,17,20). The van der Waals surface area contributed by atoms with E-state index in [1.165, 1.54) is 0 Å². The third-order valence-electron chi connectivity index (χ3n) is 3.03. The van der Waals surface area contributed by atoms with Crippen molar-refractivity contribution in [1.82, 2.24) is 10.3 Å². The maximum absolute atomic E-state index is 11.5. The fraction of sp³-hybridized carbons (Fsp3) is 0.286. The predicted octanol–water partition coefficient (Wildman–Crippen LogP) is 1.87. The Balaban J connectivity index is 2.26. The third kappa shape index (κ3) is 3.46. The lowest BCUT2D eigenvalue weighted by atomic mass is 10.1. The van der Waals surface area contributed by atoms with Gasteiger partial charge in [0.2, 0.25) is 5.91 Å². The number of nitrogens with one attached hydrogen (secondary N) is 2. The molecule has 0 aliphatic rings. The number of hydrogen-bond acceptors (Lipinski definition) is 4. The van der Waals surface area contributed by atoms with Crippen LogP contribution in [0.4, 0.5) is 5.69 Å². The number of anilines is 1. The number of nitrogens with zero attached hydrogens (tertiary/aromatic N) is 1. The van der Waals surface area contributed by atoms with Crippen molar-refractivity contribution >= 4 is 38.4 Å². The van der Waals surface area contributed by atoms with Crippen LogP contribution in [0.5, 0.6) is 0 Å². The maximum Gasteiger partial charge on any atom is 0.221 e. The van der Waals surface area contributed by atoms with Crippen molar-refractivity contribution < 1.29 is 4.79 Å². The highest BCUT2D eigenvalue weighted by molar-refractivity contribution is 9.10. The molecule has 1 amide bonds. The molecule has 2 rings (SSSR count). The number of halogens is 1. The number of rotatable bonds is 5. The summed E-state index contributed by atoms with van der Waals surface area (Å²) < 4.78 is 0.933. The number of hydrogen-bond donors (Lipinski definition) is 3. The number of carbonyl (C=O) groups is 1. The second kappa shape index (κ2) is 6.67. The van der Waals surface area contributed by atoms with E-state index in [1.807, 2.05) is 24.3 Å². The summed E-state index contributed by atoms with van der Waals surface area (Å²) >= 11 is 3.41. The first-order valence-corrected chi connectivity index (χ1v) is 7.14. The van der Waals surface area contributed by atoms with Crippen molar-refractivity contribution in [3.05, 3.63) is 34.9 Å². The highest BCUT2D eigenvalue weighted by atomic mass is 79.9. The fourth-order valence-electron chi connectivity index (χ4n) is 1.99. The summed E-state index contributed by atoms with van der Waals surface area (Å²) in [7, 11) is 1.62. The second-order valence-corrected chi connectivity index (χ2v) is 5.40. The molecule has 5 nitrogen and oxygen atoms in total. The monoisotopic (exact) mass is 336 g/mol. The van der Waals surface area contributed by atoms with Crippen LogP contribution in [0, 0.1) is 0 Å². The molecule has 1 heterocycles. The molecule has 0 aliphatic heterocycles. The normalized spacial score (nSPS) is 12.2. The van der Waals surface area contributed by atoms with Gasteiger partial charge < -0.3 is 16.4 Å². The minimum atomic E-state index is -0.119. The van der Waals surface area contributed by atoms with Crippen LogP contribution in [0.1, 0.15) is 6.42 Å². The van der Waals surface area contributed by atoms with Gasteiger partial charge in [-0.05, 0) is 28.1 Å². The van der Waals surface area contributed by atoms with Crippen LogP contribution in [0.15, 0.2) is 34.9 Å². The van der Waals surface area contributed by atoms with Gasteiger partial charge in [0.1, 0.15) is 0 Å². The maximum atomic E-state index is 11.5. The van der Waals surface area contributed by atoms with Crippen molar-refractivity contribution in [2.45, 2.75) is 12.5 Å². The molecule has 1 atom stereocenters. The second-order valence-electron chi connectivity index (χ2n) is 4.49. The van der Waals surface area contributed by atoms with E-state index in [9.17, 15) is 4.79 Å². The Morgan fingerprint density at radius 3 is 3.00 bits per heavy atom. The van der Waals surface area contributed by atoms with E-state index >= 15 is 0 Å². The number of pyridine rings is 1. The van der Waals surface area contributed by atoms with Gasteiger partial charge in [-0.1, -0.05) is 12.1 Å². The molecule has 1 unspecified atom stereocenters. The third-order valence-corrected chi connectivity index (χ3v) is 3.47. The SMILES string of the molecule is CNC(=O)CC(CN)Nc1cccc2cc(Br)cnc12. The van der Waals surface area contributed by atoms with Crippen LogP contribution >= 0.6 is 15.9 Å². The number of nitrogens with two attached hydrogens (primary N) is 1. The lowest BCUT2D eigenvalue weighted by Gasteiger charge is -2.18. The number of aromatic nitrogens is 1. The van der Waals surface area contributed by atoms with Crippen molar-refractivity contribution in [3.63, 3.8) is 0 Å². The van der Waals surface area contributed by atoms with Crippen molar-refractivity contribution in [2.24, 2.45) is 5.73 Å². The first-order chi connectivity index (χ1) is 9.63. The Bertz CT molecular complexity index is 617. The van der Waals surface area contributed by atoms with E-state index in [0.29, 0.717) is 13.0 Å². The Labute approximate surface area is 126 Å². The van der Waals surface area contributed by atoms with Gasteiger partial charge in [-0.3, -0.25) is 9.78 Å². The molecule has 106 valence electrons. The van der Waals surface area contributed by atoms with Crippen molar-refractivity contribution in [3.8, 4) is 0 Å². The molecule has 1 aromatic heterocycles. The molecule has 2 aromatic rings. The number of carbonyl (C=O) groups excluding carboxylic acids is 1. The molecule has 0 fully saturated rings. The lowest BCUT2D eigenvalue weighted by Crippen LogP contribution is -2.34. The van der Waals surface area contributed by atoms with E-state index in [4.69, 9.17) is 5.73 Å². The average Bonchev–Trinajstić information content (AvgIpc) is 2.46. The molecular weight excluding hydrogens is 320 g/mol. The van der Waals surface area contributed by atoms with Gasteiger partial charge in [-0.2, -0.15) is 0 Å². The Hall–Kier alpha value is -1.66. The van der Waals surface area contributed by atoms with E-state index in [0.717, 1.165) is 21.1 Å². The minimum absolute atomic E-state index is 0.0381. The van der Waals surface area contributed by atoms with E-state index in [-0.39, 0.29) is 11.9 Å². The van der Waals surface area contributed by atoms with Gasteiger partial charge in [-0.25, -0.2) is 0 Å². The van der Waals surface area contributed by atoms with Gasteiger partial charge in [0, 0.05) is 42.1 Å². The van der Waals surface area contributed by atoms with Crippen molar-refractivity contribution in [1.29, 1.82) is 0 Å². The Kier molecular flexibility index (Phi) is 4.92. The fourth-order valence-corrected chi connectivity index (χ4v) is 2.34. The molecule has 1 aromatic carbocycles. The van der Waals surface area contributed by atoms with Gasteiger partial charge in [0.05, 0.1) is 11.2 Å². The molecule has 4 N–H and O–H groups in total. The molecule has 6 heteroatoms. The van der Waals surface area contributed by atoms with E-state index < -0.39 is 0 Å². The van der Waals surface area contributed by atoms with Gasteiger partial charge in [-0.15, -0.1) is 0 Å². The molecule has 20 heavy (non-hydrogen) atoms. The summed E-state index contributed by atoms with van der Waals surface area (Å²) in [5.74, 6) is -0.0381. The summed E-state index contributed by atoms with van der Waals surface area (Å²) in [6.07, 6.45) is 2.09. The summed E-state index contributed by atoms with van der Waals surface area (Å²) in [6, 6.07) is 7.77. The van der Waals surface area contributed by atoms with Gasteiger partial charge in [0.25, 0.3) is 0 Å². The number of benzene rings is 1. The topological polar surface area (TPSA) is 80.0 Å². The number of amides is 1.